The number of rotatable bonds is 6. The molecule has 5 heterocycles. The summed E-state index contributed by atoms with van der Waals surface area (Å²) in [6.07, 6.45) is 4.56. The van der Waals surface area contributed by atoms with Crippen LogP contribution in [-0.4, -0.2) is 83.0 Å². The van der Waals surface area contributed by atoms with Gasteiger partial charge in [-0.15, -0.1) is 0 Å². The highest BCUT2D eigenvalue weighted by molar-refractivity contribution is 5.85. The van der Waals surface area contributed by atoms with E-state index >= 15 is 0 Å². The normalized spacial score (nSPS) is 29.5. The molecule has 4 N–H and O–H groups in total. The van der Waals surface area contributed by atoms with E-state index in [1.165, 1.54) is 12.4 Å². The molecule has 0 saturated carbocycles. The topological polar surface area (TPSA) is 160 Å². The van der Waals surface area contributed by atoms with Gasteiger partial charge in [0.15, 0.2) is 10.8 Å². The van der Waals surface area contributed by atoms with Crippen LogP contribution in [0.15, 0.2) is 73.2 Å². The van der Waals surface area contributed by atoms with E-state index in [2.05, 4.69) is 15.0 Å². The number of likely N-dealkylation sites (tertiary alicyclic amines) is 2. The Morgan fingerprint density at radius 1 is 0.811 bits per heavy atom. The molecule has 3 aromatic rings. The van der Waals surface area contributed by atoms with Crippen LogP contribution < -0.4 is 0 Å². The van der Waals surface area contributed by atoms with Gasteiger partial charge < -0.3 is 20.4 Å². The quantitative estimate of drug-likeness (QED) is 0.353. The smallest absolute Gasteiger partial charge is 0.318 e. The summed E-state index contributed by atoms with van der Waals surface area (Å²) in [4.78, 5) is 42.7. The Hall–Kier alpha value is -3.77. The summed E-state index contributed by atoms with van der Waals surface area (Å²) in [5.41, 5.74) is -3.68. The standard InChI is InChI=1S/C26H27N5O6/c1-30-20(18-9-3-6-12-28-18)24(22(32)33)15-31(14-17-8-2-5-11-27-17)16-25(23(34)35,26(24,36)37)21(30)19-10-4-7-13-29-19/h2-13,20-21,36-37H,14-16H2,1H3,(H,32,33)(H,34,35). The number of aliphatic hydroxyl groups is 2. The maximum absolute atomic E-state index is 13.2. The molecule has 2 saturated heterocycles. The second kappa shape index (κ2) is 8.96. The number of aromatic nitrogens is 3. The summed E-state index contributed by atoms with van der Waals surface area (Å²) in [5.74, 6) is -6.29. The molecule has 0 radical (unpaired) electrons. The highest BCUT2D eigenvalue weighted by atomic mass is 16.5. The Balaban J connectivity index is 1.81. The van der Waals surface area contributed by atoms with Gasteiger partial charge in [0.2, 0.25) is 5.79 Å². The molecule has 192 valence electrons. The van der Waals surface area contributed by atoms with Gasteiger partial charge in [0.05, 0.1) is 29.2 Å². The predicted molar refractivity (Wildman–Crippen MR) is 129 cm³/mol. The van der Waals surface area contributed by atoms with E-state index in [9.17, 15) is 30.0 Å². The molecule has 11 heteroatoms. The number of nitrogens with zero attached hydrogens (tertiary/aromatic N) is 5. The molecule has 2 aliphatic heterocycles. The van der Waals surface area contributed by atoms with Crippen molar-refractivity contribution in [2.45, 2.75) is 24.4 Å². The third-order valence-corrected chi connectivity index (χ3v) is 7.75. The molecule has 11 nitrogen and oxygen atoms in total. The Morgan fingerprint density at radius 3 is 1.65 bits per heavy atom. The Morgan fingerprint density at radius 2 is 1.27 bits per heavy atom. The number of hydrogen-bond acceptors (Lipinski definition) is 9. The lowest BCUT2D eigenvalue weighted by Gasteiger charge is -2.67. The molecule has 0 aromatic carbocycles. The summed E-state index contributed by atoms with van der Waals surface area (Å²) in [6, 6.07) is 12.7. The summed E-state index contributed by atoms with van der Waals surface area (Å²) >= 11 is 0. The third-order valence-electron chi connectivity index (χ3n) is 7.75. The summed E-state index contributed by atoms with van der Waals surface area (Å²) in [7, 11) is 1.58. The monoisotopic (exact) mass is 505 g/mol. The van der Waals surface area contributed by atoms with E-state index in [-0.39, 0.29) is 31.0 Å². The van der Waals surface area contributed by atoms with Gasteiger partial charge in [0.1, 0.15) is 0 Å². The first-order chi connectivity index (χ1) is 17.7. The minimum atomic E-state index is -3.20. The van der Waals surface area contributed by atoms with E-state index in [0.29, 0.717) is 5.69 Å². The first kappa shape index (κ1) is 24.9. The lowest BCUT2D eigenvalue weighted by atomic mass is 9.51. The third kappa shape index (κ3) is 3.46. The number of carboxylic acid groups (broad SMARTS) is 2. The highest BCUT2D eigenvalue weighted by Gasteiger charge is 2.82. The summed E-state index contributed by atoms with van der Waals surface area (Å²) in [5, 5.41) is 45.3. The fraction of sp³-hybridized carbons (Fsp3) is 0.346. The zero-order valence-corrected chi connectivity index (χ0v) is 20.0. The fourth-order valence-corrected chi connectivity index (χ4v) is 6.28. The molecule has 2 aliphatic rings. The van der Waals surface area contributed by atoms with Crippen LogP contribution in [0.3, 0.4) is 0 Å². The maximum Gasteiger partial charge on any atom is 0.318 e. The van der Waals surface area contributed by atoms with E-state index in [1.807, 2.05) is 0 Å². The number of piperidine rings is 2. The molecular weight excluding hydrogens is 478 g/mol. The SMILES string of the molecule is CN1C(c2ccccn2)C2(C(=O)O)CN(Cc3ccccn3)CC(C(=O)O)(C1c1ccccn1)C2(O)O. The van der Waals surface area contributed by atoms with E-state index < -0.39 is 40.6 Å². The van der Waals surface area contributed by atoms with Crippen LogP contribution in [0.25, 0.3) is 0 Å². The first-order valence-electron chi connectivity index (χ1n) is 11.7. The van der Waals surface area contributed by atoms with Crippen LogP contribution in [0.2, 0.25) is 0 Å². The number of aliphatic carboxylic acids is 2. The molecule has 0 spiro atoms. The Kier molecular flexibility index (Phi) is 6.03. The van der Waals surface area contributed by atoms with Crippen LogP contribution in [0, 0.1) is 10.8 Å². The molecular formula is C26H27N5O6. The van der Waals surface area contributed by atoms with Crippen molar-refractivity contribution in [1.29, 1.82) is 0 Å². The molecule has 0 amide bonds. The fourth-order valence-electron chi connectivity index (χ4n) is 6.28. The van der Waals surface area contributed by atoms with Crippen molar-refractivity contribution in [1.82, 2.24) is 24.8 Å². The molecule has 4 unspecified atom stereocenters. The van der Waals surface area contributed by atoms with Crippen molar-refractivity contribution >= 4 is 11.9 Å². The molecule has 37 heavy (non-hydrogen) atoms. The maximum atomic E-state index is 13.2. The van der Waals surface area contributed by atoms with Crippen LogP contribution in [0.5, 0.6) is 0 Å². The van der Waals surface area contributed by atoms with Gasteiger partial charge in [0.25, 0.3) is 0 Å². The van der Waals surface area contributed by atoms with E-state index in [1.54, 1.807) is 77.6 Å². The summed E-state index contributed by atoms with van der Waals surface area (Å²) in [6.45, 7) is -0.614. The molecule has 4 atom stereocenters. The molecule has 2 fully saturated rings. The van der Waals surface area contributed by atoms with Gasteiger partial charge in [-0.05, 0) is 43.4 Å². The van der Waals surface area contributed by atoms with E-state index in [4.69, 9.17) is 0 Å². The average Bonchev–Trinajstić information content (AvgIpc) is 2.87. The molecule has 0 aliphatic carbocycles. The zero-order valence-electron chi connectivity index (χ0n) is 20.0. The Bertz CT molecular complexity index is 1220. The largest absolute Gasteiger partial charge is 0.481 e. The van der Waals surface area contributed by atoms with Gasteiger partial charge >= 0.3 is 11.9 Å². The molecule has 3 aromatic heterocycles. The number of hydrogen-bond donors (Lipinski definition) is 4. The van der Waals surface area contributed by atoms with Crippen LogP contribution in [-0.2, 0) is 16.1 Å². The van der Waals surface area contributed by atoms with Crippen LogP contribution >= 0.6 is 0 Å². The highest BCUT2D eigenvalue weighted by Crippen LogP contribution is 2.65. The van der Waals surface area contributed by atoms with Crippen LogP contribution in [0.4, 0.5) is 0 Å². The minimum Gasteiger partial charge on any atom is -0.481 e. The van der Waals surface area contributed by atoms with Crippen molar-refractivity contribution in [3.8, 4) is 0 Å². The lowest BCUT2D eigenvalue weighted by Crippen LogP contribution is -2.83. The van der Waals surface area contributed by atoms with Crippen molar-refractivity contribution in [3.05, 3.63) is 90.3 Å². The van der Waals surface area contributed by atoms with Crippen molar-refractivity contribution < 1.29 is 30.0 Å². The zero-order chi connectivity index (χ0) is 26.4. The van der Waals surface area contributed by atoms with Gasteiger partial charge in [-0.25, -0.2) is 0 Å². The number of fused-ring (bicyclic) bond motifs is 2. The van der Waals surface area contributed by atoms with Crippen LogP contribution in [0.1, 0.15) is 29.2 Å². The summed E-state index contributed by atoms with van der Waals surface area (Å²) < 4.78 is 0. The van der Waals surface area contributed by atoms with Crippen molar-refractivity contribution in [3.63, 3.8) is 0 Å². The number of carboxylic acids is 2. The van der Waals surface area contributed by atoms with Crippen molar-refractivity contribution in [2.75, 3.05) is 20.1 Å². The number of pyridine rings is 3. The lowest BCUT2D eigenvalue weighted by molar-refractivity contribution is -0.375. The molecule has 5 rings (SSSR count). The van der Waals surface area contributed by atoms with Gasteiger partial charge in [-0.2, -0.15) is 0 Å². The van der Waals surface area contributed by atoms with E-state index in [0.717, 1.165) is 0 Å². The van der Waals surface area contributed by atoms with Gasteiger partial charge in [-0.1, -0.05) is 18.2 Å². The molecule has 2 bridgehead atoms. The number of carbonyl (C=O) groups is 2. The minimum absolute atomic E-state index is 0.106. The predicted octanol–water partition coefficient (Wildman–Crippen LogP) is 0.938. The second-order valence-corrected chi connectivity index (χ2v) is 9.67. The van der Waals surface area contributed by atoms with Gasteiger partial charge in [0, 0.05) is 38.2 Å². The first-order valence-corrected chi connectivity index (χ1v) is 11.7. The second-order valence-electron chi connectivity index (χ2n) is 9.67. The van der Waals surface area contributed by atoms with Gasteiger partial charge in [-0.3, -0.25) is 34.3 Å². The van der Waals surface area contributed by atoms with Crippen molar-refractivity contribution in [2.24, 2.45) is 10.8 Å². The Labute approximate surface area is 212 Å². The average molecular weight is 506 g/mol.